The average molecular weight is 374 g/mol. The van der Waals surface area contributed by atoms with E-state index in [2.05, 4.69) is 5.32 Å². The summed E-state index contributed by atoms with van der Waals surface area (Å²) >= 11 is 0. The van der Waals surface area contributed by atoms with Crippen LogP contribution >= 0.6 is 0 Å². The summed E-state index contributed by atoms with van der Waals surface area (Å²) < 4.78 is 31.7. The van der Waals surface area contributed by atoms with Gasteiger partial charge in [-0.15, -0.1) is 0 Å². The van der Waals surface area contributed by atoms with Gasteiger partial charge >= 0.3 is 0 Å². The molecule has 0 aliphatic carbocycles. The van der Waals surface area contributed by atoms with Gasteiger partial charge < -0.3 is 15.0 Å². The number of hydrogen-bond acceptors (Lipinski definition) is 3. The number of carbonyl (C=O) groups is 2. The van der Waals surface area contributed by atoms with E-state index >= 15 is 0 Å². The maximum absolute atomic E-state index is 13.7. The zero-order chi connectivity index (χ0) is 19.4. The second-order valence-electron chi connectivity index (χ2n) is 6.41. The summed E-state index contributed by atoms with van der Waals surface area (Å²) in [5.74, 6) is -1.58. The van der Waals surface area contributed by atoms with Gasteiger partial charge in [0, 0.05) is 30.6 Å². The number of ether oxygens (including phenoxy) is 1. The molecule has 2 aromatic carbocycles. The van der Waals surface area contributed by atoms with Gasteiger partial charge in [-0.3, -0.25) is 9.59 Å². The molecule has 2 amide bonds. The summed E-state index contributed by atoms with van der Waals surface area (Å²) in [6.07, 6.45) is 0.965. The van der Waals surface area contributed by atoms with Crippen LogP contribution in [0.1, 0.15) is 23.2 Å². The summed E-state index contributed by atoms with van der Waals surface area (Å²) in [5.41, 5.74) is 0.519. The molecule has 1 heterocycles. The summed E-state index contributed by atoms with van der Waals surface area (Å²) in [6, 6.07) is 9.88. The Morgan fingerprint density at radius 2 is 1.74 bits per heavy atom. The molecule has 3 rings (SSSR count). The number of hydrogen-bond donors (Lipinski definition) is 1. The first kappa shape index (κ1) is 18.8. The highest BCUT2D eigenvalue weighted by molar-refractivity contribution is 5.95. The van der Waals surface area contributed by atoms with Crippen LogP contribution in [0.3, 0.4) is 0 Å². The van der Waals surface area contributed by atoms with Gasteiger partial charge in [0.2, 0.25) is 5.91 Å². The molecule has 5 nitrogen and oxygen atoms in total. The van der Waals surface area contributed by atoms with E-state index in [1.807, 2.05) is 0 Å². The van der Waals surface area contributed by atoms with Gasteiger partial charge in [0.25, 0.3) is 5.91 Å². The van der Waals surface area contributed by atoms with Crippen molar-refractivity contribution in [2.75, 3.05) is 25.5 Å². The number of nitrogens with zero attached hydrogens (tertiary/aromatic N) is 1. The van der Waals surface area contributed by atoms with E-state index in [4.69, 9.17) is 4.74 Å². The molecule has 0 unspecified atom stereocenters. The molecule has 0 atom stereocenters. The van der Waals surface area contributed by atoms with Crippen LogP contribution in [0.4, 0.5) is 14.5 Å². The fourth-order valence-corrected chi connectivity index (χ4v) is 3.09. The van der Waals surface area contributed by atoms with Crippen LogP contribution in [0, 0.1) is 17.6 Å². The van der Waals surface area contributed by atoms with Crippen molar-refractivity contribution < 1.29 is 23.1 Å². The molecule has 1 N–H and O–H groups in total. The molecule has 1 aliphatic rings. The van der Waals surface area contributed by atoms with Crippen LogP contribution in [0.2, 0.25) is 0 Å². The van der Waals surface area contributed by atoms with Gasteiger partial charge in [0.15, 0.2) is 0 Å². The lowest BCUT2D eigenvalue weighted by Crippen LogP contribution is -2.41. The first-order chi connectivity index (χ1) is 13.0. The van der Waals surface area contributed by atoms with E-state index in [0.717, 1.165) is 12.1 Å². The number of nitrogens with one attached hydrogen (secondary N) is 1. The van der Waals surface area contributed by atoms with Crippen LogP contribution in [0.25, 0.3) is 0 Å². The summed E-state index contributed by atoms with van der Waals surface area (Å²) in [7, 11) is 1.56. The van der Waals surface area contributed by atoms with E-state index in [9.17, 15) is 18.4 Å². The van der Waals surface area contributed by atoms with Crippen LogP contribution in [0.15, 0.2) is 42.5 Å². The maximum Gasteiger partial charge on any atom is 0.253 e. The minimum atomic E-state index is -0.810. The highest BCUT2D eigenvalue weighted by Gasteiger charge is 2.28. The number of rotatable bonds is 4. The Bertz CT molecular complexity index is 832. The van der Waals surface area contributed by atoms with Gasteiger partial charge in [-0.2, -0.15) is 0 Å². The Labute approximate surface area is 155 Å². The molecule has 0 spiro atoms. The standard InChI is InChI=1S/C20H20F2N2O3/c1-27-16-5-2-14(3-6-16)20(26)24-10-8-13(9-11-24)19(25)23-18-7-4-15(21)12-17(18)22/h2-7,12-13H,8-11H2,1H3,(H,23,25). The predicted octanol–water partition coefficient (Wildman–Crippen LogP) is 3.46. The average Bonchev–Trinajstić information content (AvgIpc) is 2.69. The van der Waals surface area contributed by atoms with E-state index in [0.29, 0.717) is 37.2 Å². The second-order valence-corrected chi connectivity index (χ2v) is 6.41. The van der Waals surface area contributed by atoms with Crippen molar-refractivity contribution in [2.45, 2.75) is 12.8 Å². The van der Waals surface area contributed by atoms with Crippen LogP contribution in [-0.2, 0) is 4.79 Å². The third-order valence-corrected chi connectivity index (χ3v) is 4.68. The molecule has 0 bridgehead atoms. The fourth-order valence-electron chi connectivity index (χ4n) is 3.09. The Hall–Kier alpha value is -2.96. The number of anilines is 1. The van der Waals surface area contributed by atoms with Crippen LogP contribution in [-0.4, -0.2) is 36.9 Å². The molecule has 7 heteroatoms. The lowest BCUT2D eigenvalue weighted by molar-refractivity contribution is -0.121. The van der Waals surface area contributed by atoms with Crippen molar-refractivity contribution >= 4 is 17.5 Å². The van der Waals surface area contributed by atoms with Crippen molar-refractivity contribution in [3.05, 3.63) is 59.7 Å². The quantitative estimate of drug-likeness (QED) is 0.892. The number of halogens is 2. The van der Waals surface area contributed by atoms with Crippen molar-refractivity contribution in [1.29, 1.82) is 0 Å². The number of carbonyl (C=O) groups excluding carboxylic acids is 2. The largest absolute Gasteiger partial charge is 0.497 e. The first-order valence-corrected chi connectivity index (χ1v) is 8.67. The lowest BCUT2D eigenvalue weighted by atomic mass is 9.95. The number of piperidine rings is 1. The van der Waals surface area contributed by atoms with E-state index < -0.39 is 11.6 Å². The molecule has 1 saturated heterocycles. The van der Waals surface area contributed by atoms with Gasteiger partial charge in [0.1, 0.15) is 17.4 Å². The number of likely N-dealkylation sites (tertiary alicyclic amines) is 1. The van der Waals surface area contributed by atoms with Gasteiger partial charge in [-0.1, -0.05) is 0 Å². The minimum Gasteiger partial charge on any atom is -0.497 e. The van der Waals surface area contributed by atoms with Crippen molar-refractivity contribution in [2.24, 2.45) is 5.92 Å². The Morgan fingerprint density at radius 1 is 1.07 bits per heavy atom. The Kier molecular flexibility index (Phi) is 5.69. The molecule has 142 valence electrons. The third-order valence-electron chi connectivity index (χ3n) is 4.68. The Balaban J connectivity index is 1.56. The van der Waals surface area contributed by atoms with E-state index in [1.54, 1.807) is 36.3 Å². The SMILES string of the molecule is COc1ccc(C(=O)N2CCC(C(=O)Nc3ccc(F)cc3F)CC2)cc1. The third kappa shape index (κ3) is 4.42. The highest BCUT2D eigenvalue weighted by Crippen LogP contribution is 2.23. The van der Waals surface area contributed by atoms with E-state index in [1.165, 1.54) is 6.07 Å². The smallest absolute Gasteiger partial charge is 0.253 e. The topological polar surface area (TPSA) is 58.6 Å². The second kappa shape index (κ2) is 8.16. The highest BCUT2D eigenvalue weighted by atomic mass is 19.1. The molecular weight excluding hydrogens is 354 g/mol. The molecule has 0 aromatic heterocycles. The van der Waals surface area contributed by atoms with Crippen molar-refractivity contribution in [3.8, 4) is 5.75 Å². The molecule has 1 fully saturated rings. The maximum atomic E-state index is 13.7. The molecule has 2 aromatic rings. The zero-order valence-electron chi connectivity index (χ0n) is 14.9. The van der Waals surface area contributed by atoms with Gasteiger partial charge in [0.05, 0.1) is 12.8 Å². The van der Waals surface area contributed by atoms with Gasteiger partial charge in [-0.05, 0) is 49.2 Å². The van der Waals surface area contributed by atoms with Crippen LogP contribution < -0.4 is 10.1 Å². The molecular formula is C20H20F2N2O3. The van der Waals surface area contributed by atoms with Crippen molar-refractivity contribution in [1.82, 2.24) is 4.90 Å². The van der Waals surface area contributed by atoms with Crippen LogP contribution in [0.5, 0.6) is 5.75 Å². The summed E-state index contributed by atoms with van der Waals surface area (Å²) in [5, 5.41) is 2.50. The van der Waals surface area contributed by atoms with E-state index in [-0.39, 0.29) is 23.4 Å². The fraction of sp³-hybridized carbons (Fsp3) is 0.300. The Morgan fingerprint density at radius 3 is 2.33 bits per heavy atom. The van der Waals surface area contributed by atoms with Gasteiger partial charge in [-0.25, -0.2) is 8.78 Å². The minimum absolute atomic E-state index is 0.0434. The normalized spacial score (nSPS) is 14.7. The number of benzene rings is 2. The first-order valence-electron chi connectivity index (χ1n) is 8.67. The molecule has 27 heavy (non-hydrogen) atoms. The summed E-state index contributed by atoms with van der Waals surface area (Å²) in [6.45, 7) is 0.879. The number of methoxy groups -OCH3 is 1. The molecule has 0 radical (unpaired) electrons. The molecule has 1 aliphatic heterocycles. The summed E-state index contributed by atoms with van der Waals surface area (Å²) in [4.78, 5) is 26.6. The lowest BCUT2D eigenvalue weighted by Gasteiger charge is -2.31. The number of amides is 2. The zero-order valence-corrected chi connectivity index (χ0v) is 14.9. The van der Waals surface area contributed by atoms with Crippen molar-refractivity contribution in [3.63, 3.8) is 0 Å². The monoisotopic (exact) mass is 374 g/mol. The molecule has 0 saturated carbocycles. The predicted molar refractivity (Wildman–Crippen MR) is 96.6 cm³/mol.